The van der Waals surface area contributed by atoms with Crippen LogP contribution in [-0.4, -0.2) is 44.1 Å². The molecule has 0 radical (unpaired) electrons. The Morgan fingerprint density at radius 3 is 2.50 bits per heavy atom. The van der Waals surface area contributed by atoms with Crippen LogP contribution < -0.4 is 0 Å². The molecule has 0 aliphatic carbocycles. The molecule has 0 aliphatic rings. The van der Waals surface area contributed by atoms with Gasteiger partial charge in [0.25, 0.3) is 0 Å². The fraction of sp³-hybridized carbons (Fsp3) is 0.462. The van der Waals surface area contributed by atoms with Crippen LogP contribution >= 0.6 is 0 Å². The van der Waals surface area contributed by atoms with E-state index in [1.807, 2.05) is 30.3 Å². The summed E-state index contributed by atoms with van der Waals surface area (Å²) in [5, 5.41) is 8.45. The monoisotopic (exact) mass is 254 g/mol. The quantitative estimate of drug-likeness (QED) is 0.520. The van der Waals surface area contributed by atoms with E-state index >= 15 is 0 Å². The number of hydrogen-bond acceptors (Lipinski definition) is 5. The third-order valence-corrected chi connectivity index (χ3v) is 2.07. The first-order valence-corrected chi connectivity index (χ1v) is 5.79. The van der Waals surface area contributed by atoms with Gasteiger partial charge in [-0.25, -0.2) is 4.79 Å². The molecule has 0 saturated carbocycles. The molecule has 5 nitrogen and oxygen atoms in total. The van der Waals surface area contributed by atoms with E-state index in [2.05, 4.69) is 0 Å². The zero-order chi connectivity index (χ0) is 13.1. The van der Waals surface area contributed by atoms with Crippen LogP contribution in [-0.2, 0) is 25.6 Å². The number of hydrogen-bond donors (Lipinski definition) is 1. The highest BCUT2D eigenvalue weighted by molar-refractivity contribution is 5.70. The van der Waals surface area contributed by atoms with E-state index in [4.69, 9.17) is 19.3 Å². The summed E-state index contributed by atoms with van der Waals surface area (Å²) in [5.74, 6) is -0.402. The second-order valence-corrected chi connectivity index (χ2v) is 3.53. The first-order chi connectivity index (χ1) is 8.83. The Hall–Kier alpha value is -1.43. The minimum atomic E-state index is -0.402. The number of benzene rings is 1. The zero-order valence-electron chi connectivity index (χ0n) is 10.2. The smallest absolute Gasteiger partial charge is 0.332 e. The Labute approximate surface area is 106 Å². The molecule has 0 aromatic heterocycles. The SMILES string of the molecule is O=C(COCCOCCO)OCc1ccccc1. The number of carbonyl (C=O) groups is 1. The molecular formula is C13H18O5. The normalized spacial score (nSPS) is 10.3. The van der Waals surface area contributed by atoms with Gasteiger partial charge in [0, 0.05) is 0 Å². The van der Waals surface area contributed by atoms with Crippen molar-refractivity contribution >= 4 is 5.97 Å². The van der Waals surface area contributed by atoms with E-state index < -0.39 is 5.97 Å². The molecule has 0 spiro atoms. The molecule has 5 heteroatoms. The lowest BCUT2D eigenvalue weighted by Gasteiger charge is -2.06. The maximum Gasteiger partial charge on any atom is 0.332 e. The lowest BCUT2D eigenvalue weighted by Crippen LogP contribution is -2.15. The van der Waals surface area contributed by atoms with Gasteiger partial charge in [0.05, 0.1) is 26.4 Å². The van der Waals surface area contributed by atoms with E-state index in [-0.39, 0.29) is 26.4 Å². The van der Waals surface area contributed by atoms with Crippen LogP contribution in [0.25, 0.3) is 0 Å². The van der Waals surface area contributed by atoms with E-state index in [1.165, 1.54) is 0 Å². The van der Waals surface area contributed by atoms with E-state index in [9.17, 15) is 4.79 Å². The largest absolute Gasteiger partial charge is 0.459 e. The molecule has 0 atom stereocenters. The molecule has 0 amide bonds. The predicted octanol–water partition coefficient (Wildman–Crippen LogP) is 0.755. The van der Waals surface area contributed by atoms with Crippen LogP contribution in [0.2, 0.25) is 0 Å². The molecule has 1 rings (SSSR count). The van der Waals surface area contributed by atoms with Gasteiger partial charge < -0.3 is 19.3 Å². The molecule has 0 heterocycles. The fourth-order valence-corrected chi connectivity index (χ4v) is 1.22. The van der Waals surface area contributed by atoms with Crippen molar-refractivity contribution in [3.05, 3.63) is 35.9 Å². The summed E-state index contributed by atoms with van der Waals surface area (Å²) < 4.78 is 15.0. The van der Waals surface area contributed by atoms with Crippen LogP contribution in [0.5, 0.6) is 0 Å². The molecule has 0 unspecified atom stereocenters. The van der Waals surface area contributed by atoms with Gasteiger partial charge >= 0.3 is 5.97 Å². The molecule has 100 valence electrons. The molecule has 0 fully saturated rings. The van der Waals surface area contributed by atoms with Crippen molar-refractivity contribution in [1.82, 2.24) is 0 Å². The second kappa shape index (κ2) is 9.58. The first kappa shape index (κ1) is 14.6. The third kappa shape index (κ3) is 7.01. The van der Waals surface area contributed by atoms with Crippen molar-refractivity contribution in [1.29, 1.82) is 0 Å². The van der Waals surface area contributed by atoms with Crippen molar-refractivity contribution in [3.8, 4) is 0 Å². The summed E-state index contributed by atoms with van der Waals surface area (Å²) in [7, 11) is 0. The number of esters is 1. The number of rotatable bonds is 9. The summed E-state index contributed by atoms with van der Waals surface area (Å²) in [6.45, 7) is 1.09. The molecular weight excluding hydrogens is 236 g/mol. The van der Waals surface area contributed by atoms with Gasteiger partial charge in [-0.1, -0.05) is 30.3 Å². The number of ether oxygens (including phenoxy) is 3. The molecule has 0 bridgehead atoms. The Morgan fingerprint density at radius 2 is 1.78 bits per heavy atom. The zero-order valence-corrected chi connectivity index (χ0v) is 10.2. The fourth-order valence-electron chi connectivity index (χ4n) is 1.22. The standard InChI is InChI=1S/C13H18O5/c14-6-7-16-8-9-17-11-13(15)18-10-12-4-2-1-3-5-12/h1-5,14H,6-11H2. The van der Waals surface area contributed by atoms with Crippen molar-refractivity contribution in [2.24, 2.45) is 0 Å². The van der Waals surface area contributed by atoms with Gasteiger partial charge in [0.15, 0.2) is 0 Å². The maximum absolute atomic E-state index is 11.3. The van der Waals surface area contributed by atoms with E-state index in [0.717, 1.165) is 5.56 Å². The lowest BCUT2D eigenvalue weighted by atomic mass is 10.2. The van der Waals surface area contributed by atoms with Crippen LogP contribution in [0.3, 0.4) is 0 Å². The second-order valence-electron chi connectivity index (χ2n) is 3.53. The van der Waals surface area contributed by atoms with Crippen LogP contribution in [0.4, 0.5) is 0 Å². The van der Waals surface area contributed by atoms with Gasteiger partial charge in [-0.15, -0.1) is 0 Å². The molecule has 18 heavy (non-hydrogen) atoms. The van der Waals surface area contributed by atoms with Gasteiger partial charge in [0.2, 0.25) is 0 Å². The Balaban J connectivity index is 2.01. The number of aliphatic hydroxyl groups is 1. The van der Waals surface area contributed by atoms with Gasteiger partial charge in [0.1, 0.15) is 13.2 Å². The average Bonchev–Trinajstić information content (AvgIpc) is 2.41. The van der Waals surface area contributed by atoms with Crippen LogP contribution in [0.1, 0.15) is 5.56 Å². The minimum absolute atomic E-state index is 0.0148. The Morgan fingerprint density at radius 1 is 1.06 bits per heavy atom. The highest BCUT2D eigenvalue weighted by Gasteiger charge is 2.03. The molecule has 0 saturated heterocycles. The summed E-state index contributed by atoms with van der Waals surface area (Å²) in [6.07, 6.45) is 0. The van der Waals surface area contributed by atoms with E-state index in [0.29, 0.717) is 13.2 Å². The highest BCUT2D eigenvalue weighted by Crippen LogP contribution is 2.00. The Bertz CT molecular complexity index is 325. The summed E-state index contributed by atoms with van der Waals surface area (Å²) >= 11 is 0. The molecule has 1 aromatic carbocycles. The number of carbonyl (C=O) groups excluding carboxylic acids is 1. The molecule has 0 aliphatic heterocycles. The molecule has 1 N–H and O–H groups in total. The summed E-state index contributed by atoms with van der Waals surface area (Å²) in [6, 6.07) is 9.45. The third-order valence-electron chi connectivity index (χ3n) is 2.07. The van der Waals surface area contributed by atoms with Crippen molar-refractivity contribution < 1.29 is 24.1 Å². The maximum atomic E-state index is 11.3. The topological polar surface area (TPSA) is 65.0 Å². The first-order valence-electron chi connectivity index (χ1n) is 5.79. The highest BCUT2D eigenvalue weighted by atomic mass is 16.6. The molecule has 1 aromatic rings. The summed E-state index contributed by atoms with van der Waals surface area (Å²) in [4.78, 5) is 11.3. The lowest BCUT2D eigenvalue weighted by molar-refractivity contribution is -0.150. The van der Waals surface area contributed by atoms with Crippen LogP contribution in [0, 0.1) is 0 Å². The van der Waals surface area contributed by atoms with E-state index in [1.54, 1.807) is 0 Å². The Kier molecular flexibility index (Phi) is 7.79. The van der Waals surface area contributed by atoms with Gasteiger partial charge in [-0.05, 0) is 5.56 Å². The predicted molar refractivity (Wildman–Crippen MR) is 65.0 cm³/mol. The van der Waals surface area contributed by atoms with Gasteiger partial charge in [-0.2, -0.15) is 0 Å². The number of aliphatic hydroxyl groups excluding tert-OH is 1. The van der Waals surface area contributed by atoms with Crippen molar-refractivity contribution in [3.63, 3.8) is 0 Å². The van der Waals surface area contributed by atoms with Crippen molar-refractivity contribution in [2.45, 2.75) is 6.61 Å². The van der Waals surface area contributed by atoms with Crippen LogP contribution in [0.15, 0.2) is 30.3 Å². The van der Waals surface area contributed by atoms with Gasteiger partial charge in [-0.3, -0.25) is 0 Å². The van der Waals surface area contributed by atoms with Crippen molar-refractivity contribution in [2.75, 3.05) is 33.0 Å². The average molecular weight is 254 g/mol. The summed E-state index contributed by atoms with van der Waals surface area (Å²) in [5.41, 5.74) is 0.942. The minimum Gasteiger partial charge on any atom is -0.459 e.